The molecule has 274 valence electrons. The van der Waals surface area contributed by atoms with Crippen molar-refractivity contribution in [1.82, 2.24) is 15.0 Å². The number of hydrogen-bond acceptors (Lipinski definition) is 4. The average molecular weight is 743 g/mol. The van der Waals surface area contributed by atoms with Crippen LogP contribution in [0, 0.1) is 0 Å². The van der Waals surface area contributed by atoms with Gasteiger partial charge in [-0.1, -0.05) is 147 Å². The average Bonchev–Trinajstić information content (AvgIpc) is 3.18. The van der Waals surface area contributed by atoms with E-state index in [4.69, 9.17) is 0 Å². The first kappa shape index (κ1) is 35.7. The van der Waals surface area contributed by atoms with Crippen LogP contribution < -0.4 is 4.90 Å². The second kappa shape index (κ2) is 13.2. The fourth-order valence-electron chi connectivity index (χ4n) is 7.60. The summed E-state index contributed by atoms with van der Waals surface area (Å²) < 4.78 is 91.9. The molecule has 0 saturated carbocycles. The maximum Gasteiger partial charge on any atom is 0.411 e. The Hall–Kier alpha value is -6.29. The zero-order chi connectivity index (χ0) is 38.6. The Morgan fingerprint density at radius 1 is 0.418 bits per heavy atom. The van der Waals surface area contributed by atoms with Crippen molar-refractivity contribution >= 4 is 17.1 Å². The molecule has 0 unspecified atom stereocenters. The minimum absolute atomic E-state index is 0.0958. The van der Waals surface area contributed by atoms with Crippen LogP contribution in [0.25, 0.3) is 34.2 Å². The van der Waals surface area contributed by atoms with Gasteiger partial charge < -0.3 is 4.90 Å². The van der Waals surface area contributed by atoms with E-state index in [2.05, 4.69) is 28.8 Å². The van der Waals surface area contributed by atoms with Gasteiger partial charge in [-0.25, -0.2) is 15.0 Å². The fraction of sp³-hybridized carbons (Fsp3) is 0.133. The highest BCUT2D eigenvalue weighted by Crippen LogP contribution is 2.57. The van der Waals surface area contributed by atoms with E-state index >= 15 is 26.3 Å². The molecule has 0 amide bonds. The highest BCUT2D eigenvalue weighted by Gasteiger charge is 2.72. The zero-order valence-corrected chi connectivity index (χ0v) is 29.6. The van der Waals surface area contributed by atoms with E-state index in [1.54, 1.807) is 48.5 Å². The summed E-state index contributed by atoms with van der Waals surface area (Å²) >= 11 is 0. The Morgan fingerprint density at radius 2 is 0.764 bits per heavy atom. The SMILES string of the molecule is CC1(C)c2ccccc2N(c2ccc(C(c3ccc(-c4nc(-c5ccccc5)nc(-c5ccccc5)n4)cc3)(C(F)(F)F)C(F)(F)F)cc2)c2ccccc21. The normalized spacial score (nSPS) is 13.9. The van der Waals surface area contributed by atoms with Gasteiger partial charge in [-0.05, 0) is 46.5 Å². The first-order valence-electron chi connectivity index (χ1n) is 17.5. The van der Waals surface area contributed by atoms with Crippen LogP contribution in [-0.4, -0.2) is 27.3 Å². The summed E-state index contributed by atoms with van der Waals surface area (Å²) in [4.78, 5) is 15.6. The highest BCUT2D eigenvalue weighted by atomic mass is 19.4. The largest absolute Gasteiger partial charge is 0.411 e. The number of rotatable bonds is 6. The van der Waals surface area contributed by atoms with Crippen LogP contribution in [0.2, 0.25) is 0 Å². The Balaban J connectivity index is 1.23. The molecule has 0 radical (unpaired) electrons. The molecule has 4 nitrogen and oxygen atoms in total. The zero-order valence-electron chi connectivity index (χ0n) is 29.6. The number of alkyl halides is 6. The lowest BCUT2D eigenvalue weighted by Gasteiger charge is -2.42. The lowest BCUT2D eigenvalue weighted by Crippen LogP contribution is -2.54. The van der Waals surface area contributed by atoms with E-state index in [0.717, 1.165) is 46.8 Å². The first-order valence-corrected chi connectivity index (χ1v) is 17.5. The summed E-state index contributed by atoms with van der Waals surface area (Å²) in [5.74, 6) is 0.700. The van der Waals surface area contributed by atoms with Gasteiger partial charge in [0, 0.05) is 27.8 Å². The Morgan fingerprint density at radius 3 is 1.16 bits per heavy atom. The second-order valence-electron chi connectivity index (χ2n) is 13.9. The standard InChI is InChI=1S/C45H32F6N4/c1-42(2)35-17-9-11-19-37(35)55(38-20-12-10-18-36(38)42)34-27-25-33(26-28-34)43(44(46,47)48,45(49,50)51)32-23-21-31(22-24-32)41-53-39(29-13-5-3-6-14-29)52-40(54-41)30-15-7-4-8-16-30/h3-28H,1-2H3. The van der Waals surface area contributed by atoms with Gasteiger partial charge in [0.25, 0.3) is 0 Å². The van der Waals surface area contributed by atoms with E-state index in [-0.39, 0.29) is 11.4 Å². The van der Waals surface area contributed by atoms with Crippen molar-refractivity contribution < 1.29 is 26.3 Å². The molecule has 0 atom stereocenters. The van der Waals surface area contributed by atoms with E-state index in [1.165, 1.54) is 24.3 Å². The minimum Gasteiger partial charge on any atom is -0.310 e. The number of anilines is 3. The van der Waals surface area contributed by atoms with Crippen LogP contribution in [0.1, 0.15) is 36.1 Å². The molecule has 0 N–H and O–H groups in total. The minimum atomic E-state index is -5.77. The molecule has 55 heavy (non-hydrogen) atoms. The van der Waals surface area contributed by atoms with Crippen molar-refractivity contribution in [2.45, 2.75) is 37.0 Å². The van der Waals surface area contributed by atoms with Crippen molar-refractivity contribution in [1.29, 1.82) is 0 Å². The summed E-state index contributed by atoms with van der Waals surface area (Å²) in [5, 5.41) is 0. The summed E-state index contributed by atoms with van der Waals surface area (Å²) in [5.41, 5.74) is -1.19. The van der Waals surface area contributed by atoms with Crippen molar-refractivity contribution in [3.05, 3.63) is 180 Å². The molecule has 0 fully saturated rings. The second-order valence-corrected chi connectivity index (χ2v) is 13.9. The summed E-state index contributed by atoms with van der Waals surface area (Å²) in [6, 6.07) is 42.0. The third-order valence-electron chi connectivity index (χ3n) is 10.3. The number of nitrogens with zero attached hydrogens (tertiary/aromatic N) is 4. The number of aromatic nitrogens is 3. The van der Waals surface area contributed by atoms with Gasteiger partial charge in [0.15, 0.2) is 17.5 Å². The molecule has 7 aromatic rings. The number of fused-ring (bicyclic) bond motifs is 2. The lowest BCUT2D eigenvalue weighted by atomic mass is 9.72. The van der Waals surface area contributed by atoms with Gasteiger partial charge in [0.05, 0.1) is 11.4 Å². The highest BCUT2D eigenvalue weighted by molar-refractivity contribution is 5.86. The van der Waals surface area contributed by atoms with E-state index in [1.807, 2.05) is 65.6 Å². The van der Waals surface area contributed by atoms with Gasteiger partial charge in [-0.2, -0.15) is 26.3 Å². The van der Waals surface area contributed by atoms with E-state index in [9.17, 15) is 0 Å². The molecule has 10 heteroatoms. The maximum atomic E-state index is 15.3. The van der Waals surface area contributed by atoms with Crippen LogP contribution in [-0.2, 0) is 10.8 Å². The van der Waals surface area contributed by atoms with Crippen LogP contribution in [0.5, 0.6) is 0 Å². The number of benzene rings is 6. The van der Waals surface area contributed by atoms with Crippen molar-refractivity contribution in [2.75, 3.05) is 4.90 Å². The molecular weight excluding hydrogens is 711 g/mol. The molecule has 8 rings (SSSR count). The molecule has 0 saturated heterocycles. The van der Waals surface area contributed by atoms with Crippen molar-refractivity contribution in [2.24, 2.45) is 0 Å². The van der Waals surface area contributed by atoms with Crippen LogP contribution in [0.3, 0.4) is 0 Å². The molecule has 2 heterocycles. The van der Waals surface area contributed by atoms with Gasteiger partial charge in [-0.3, -0.25) is 0 Å². The molecular formula is C45H32F6N4. The topological polar surface area (TPSA) is 41.9 Å². The molecule has 1 aromatic heterocycles. The lowest BCUT2D eigenvalue weighted by molar-refractivity contribution is -0.288. The summed E-state index contributed by atoms with van der Waals surface area (Å²) in [6.07, 6.45) is -11.5. The molecule has 1 aliphatic rings. The summed E-state index contributed by atoms with van der Waals surface area (Å²) in [6.45, 7) is 4.17. The molecule has 0 aliphatic carbocycles. The number of hydrogen-bond donors (Lipinski definition) is 0. The Kier molecular flexibility index (Phi) is 8.59. The number of para-hydroxylation sites is 2. The van der Waals surface area contributed by atoms with E-state index in [0.29, 0.717) is 28.5 Å². The summed E-state index contributed by atoms with van der Waals surface area (Å²) in [7, 11) is 0. The number of halogens is 6. The quantitative estimate of drug-likeness (QED) is 0.159. The molecule has 0 bridgehead atoms. The maximum absolute atomic E-state index is 15.3. The molecule has 6 aromatic carbocycles. The van der Waals surface area contributed by atoms with E-state index < -0.39 is 34.3 Å². The van der Waals surface area contributed by atoms with Gasteiger partial charge >= 0.3 is 12.4 Å². The first-order chi connectivity index (χ1) is 26.3. The molecule has 1 aliphatic heterocycles. The van der Waals surface area contributed by atoms with Crippen molar-refractivity contribution in [3.63, 3.8) is 0 Å². The molecule has 0 spiro atoms. The predicted molar refractivity (Wildman–Crippen MR) is 202 cm³/mol. The van der Waals surface area contributed by atoms with Crippen molar-refractivity contribution in [3.8, 4) is 34.2 Å². The van der Waals surface area contributed by atoms with Gasteiger partial charge in [-0.15, -0.1) is 0 Å². The monoisotopic (exact) mass is 742 g/mol. The van der Waals surface area contributed by atoms with Gasteiger partial charge in [0.2, 0.25) is 5.41 Å². The van der Waals surface area contributed by atoms with Crippen LogP contribution in [0.4, 0.5) is 43.4 Å². The third kappa shape index (κ3) is 5.92. The third-order valence-corrected chi connectivity index (χ3v) is 10.3. The van der Waals surface area contributed by atoms with Crippen LogP contribution >= 0.6 is 0 Å². The fourth-order valence-corrected chi connectivity index (χ4v) is 7.60. The van der Waals surface area contributed by atoms with Crippen LogP contribution in [0.15, 0.2) is 158 Å². The van der Waals surface area contributed by atoms with Gasteiger partial charge in [0.1, 0.15) is 0 Å². The predicted octanol–water partition coefficient (Wildman–Crippen LogP) is 12.4. The Bertz CT molecular complexity index is 2360. The Labute approximate surface area is 313 Å². The smallest absolute Gasteiger partial charge is 0.310 e.